The van der Waals surface area contributed by atoms with Gasteiger partial charge in [0.2, 0.25) is 0 Å². The Labute approximate surface area is 157 Å². The molecule has 0 amide bonds. The van der Waals surface area contributed by atoms with Crippen molar-refractivity contribution in [2.24, 2.45) is 0 Å². The fraction of sp³-hybridized carbons (Fsp3) is 0.217. The van der Waals surface area contributed by atoms with Crippen LogP contribution in [0.2, 0.25) is 0 Å². The Morgan fingerprint density at radius 2 is 1.74 bits per heavy atom. The van der Waals surface area contributed by atoms with Gasteiger partial charge in [-0.15, -0.1) is 0 Å². The highest BCUT2D eigenvalue weighted by molar-refractivity contribution is 6.00. The summed E-state index contributed by atoms with van der Waals surface area (Å²) < 4.78 is 13.4. The van der Waals surface area contributed by atoms with Gasteiger partial charge in [-0.3, -0.25) is 4.79 Å². The molecule has 0 saturated heterocycles. The van der Waals surface area contributed by atoms with Crippen LogP contribution in [0.5, 0.6) is 0 Å². The maximum absolute atomic E-state index is 13.4. The topological polar surface area (TPSA) is 52.9 Å². The molecule has 1 aliphatic heterocycles. The van der Waals surface area contributed by atoms with Crippen molar-refractivity contribution in [2.45, 2.75) is 31.6 Å². The van der Waals surface area contributed by atoms with Crippen molar-refractivity contribution < 1.29 is 9.18 Å². The highest BCUT2D eigenvalue weighted by atomic mass is 19.1. The summed E-state index contributed by atoms with van der Waals surface area (Å²) in [6.45, 7) is 1.86. The Balaban J connectivity index is 1.79. The molecule has 2 aliphatic rings. The van der Waals surface area contributed by atoms with Gasteiger partial charge in [0.15, 0.2) is 5.78 Å². The van der Waals surface area contributed by atoms with Crippen molar-refractivity contribution in [1.82, 2.24) is 5.32 Å². The van der Waals surface area contributed by atoms with Crippen LogP contribution in [0.25, 0.3) is 0 Å². The number of carbonyl (C=O) groups excluding carboxylic acids is 1. The number of Topliss-reactive ketones (excluding diaryl/α,β-unsaturated/α-hetero) is 1. The molecule has 2 aromatic carbocycles. The molecule has 0 bridgehead atoms. The van der Waals surface area contributed by atoms with Gasteiger partial charge in [0, 0.05) is 23.4 Å². The number of nitrogens with zero attached hydrogens (tertiary/aromatic N) is 1. The molecule has 27 heavy (non-hydrogen) atoms. The van der Waals surface area contributed by atoms with Crippen molar-refractivity contribution in [3.8, 4) is 6.07 Å². The minimum Gasteiger partial charge on any atom is -0.361 e. The van der Waals surface area contributed by atoms with E-state index in [2.05, 4.69) is 11.4 Å². The van der Waals surface area contributed by atoms with Gasteiger partial charge in [-0.1, -0.05) is 42.5 Å². The summed E-state index contributed by atoms with van der Waals surface area (Å²) in [6.07, 6.45) is 1.14. The van der Waals surface area contributed by atoms with E-state index in [4.69, 9.17) is 0 Å². The van der Waals surface area contributed by atoms with E-state index in [-0.39, 0.29) is 17.5 Å². The molecule has 0 aromatic heterocycles. The van der Waals surface area contributed by atoms with E-state index in [1.165, 1.54) is 12.1 Å². The average Bonchev–Trinajstić information content (AvgIpc) is 2.68. The number of nitrogens with one attached hydrogen (secondary N) is 1. The van der Waals surface area contributed by atoms with Gasteiger partial charge in [-0.05, 0) is 42.5 Å². The zero-order valence-electron chi connectivity index (χ0n) is 15.0. The number of allylic oxidation sites excluding steroid dienone is 4. The number of halogens is 1. The van der Waals surface area contributed by atoms with E-state index in [0.717, 1.165) is 28.9 Å². The molecule has 0 radical (unpaired) electrons. The second-order valence-electron chi connectivity index (χ2n) is 7.09. The molecular formula is C23H19FN2O. The molecule has 1 heterocycles. The third-order valence-corrected chi connectivity index (χ3v) is 5.42. The summed E-state index contributed by atoms with van der Waals surface area (Å²) in [6, 6.07) is 18.4. The molecular weight excluding hydrogens is 339 g/mol. The van der Waals surface area contributed by atoms with Crippen molar-refractivity contribution in [1.29, 1.82) is 5.26 Å². The van der Waals surface area contributed by atoms with Crippen molar-refractivity contribution in [3.63, 3.8) is 0 Å². The van der Waals surface area contributed by atoms with Crippen LogP contribution < -0.4 is 5.32 Å². The number of carbonyl (C=O) groups is 1. The monoisotopic (exact) mass is 358 g/mol. The van der Waals surface area contributed by atoms with E-state index in [0.29, 0.717) is 17.6 Å². The largest absolute Gasteiger partial charge is 0.361 e. The summed E-state index contributed by atoms with van der Waals surface area (Å²) in [4.78, 5) is 13.1. The summed E-state index contributed by atoms with van der Waals surface area (Å²) in [5, 5.41) is 13.0. The van der Waals surface area contributed by atoms with E-state index >= 15 is 0 Å². The van der Waals surface area contributed by atoms with Gasteiger partial charge < -0.3 is 5.32 Å². The van der Waals surface area contributed by atoms with E-state index in [1.54, 1.807) is 12.1 Å². The van der Waals surface area contributed by atoms with Gasteiger partial charge in [-0.2, -0.15) is 5.26 Å². The normalized spacial score (nSPS) is 22.2. The Kier molecular flexibility index (Phi) is 4.37. The lowest BCUT2D eigenvalue weighted by atomic mass is 9.72. The molecule has 4 heteroatoms. The molecule has 1 N–H and O–H groups in total. The summed E-state index contributed by atoms with van der Waals surface area (Å²) in [5.41, 5.74) is 4.72. The van der Waals surface area contributed by atoms with Crippen LogP contribution >= 0.6 is 0 Å². The quantitative estimate of drug-likeness (QED) is 0.846. The number of rotatable bonds is 2. The fourth-order valence-corrected chi connectivity index (χ4v) is 4.14. The third kappa shape index (κ3) is 3.06. The second-order valence-corrected chi connectivity index (χ2v) is 7.09. The SMILES string of the molecule is CC1=C(C#N)[C@H](c2ccc(F)cc2)C2=C(C[C@H](c3ccccc3)CC2=O)N1. The first-order valence-electron chi connectivity index (χ1n) is 9.03. The predicted octanol–water partition coefficient (Wildman–Crippen LogP) is 4.71. The van der Waals surface area contributed by atoms with Crippen molar-refractivity contribution >= 4 is 5.78 Å². The molecule has 4 rings (SSSR count). The summed E-state index contributed by atoms with van der Waals surface area (Å²) >= 11 is 0. The van der Waals surface area contributed by atoms with Gasteiger partial charge in [0.25, 0.3) is 0 Å². The minimum absolute atomic E-state index is 0.0483. The van der Waals surface area contributed by atoms with Gasteiger partial charge in [0.1, 0.15) is 5.82 Å². The third-order valence-electron chi connectivity index (χ3n) is 5.42. The molecule has 1 aliphatic carbocycles. The highest BCUT2D eigenvalue weighted by Crippen LogP contribution is 2.45. The van der Waals surface area contributed by atoms with Crippen LogP contribution in [0.3, 0.4) is 0 Å². The van der Waals surface area contributed by atoms with Crippen LogP contribution in [-0.2, 0) is 4.79 Å². The fourth-order valence-electron chi connectivity index (χ4n) is 4.14. The maximum atomic E-state index is 13.4. The standard InChI is InChI=1S/C23H19FN2O/c1-14-19(13-25)22(16-7-9-18(24)10-8-16)23-20(26-14)11-17(12-21(23)27)15-5-3-2-4-6-15/h2-10,17,22,26H,11-12H2,1H3/t17-,22-/m0/s1. The first-order chi connectivity index (χ1) is 13.1. The number of benzene rings is 2. The van der Waals surface area contributed by atoms with Gasteiger partial charge in [0.05, 0.1) is 17.6 Å². The zero-order chi connectivity index (χ0) is 19.0. The Bertz CT molecular complexity index is 997. The molecule has 0 fully saturated rings. The number of ketones is 1. The van der Waals surface area contributed by atoms with Crippen LogP contribution in [0, 0.1) is 17.1 Å². The van der Waals surface area contributed by atoms with Crippen molar-refractivity contribution in [3.05, 3.63) is 94.1 Å². The second kappa shape index (κ2) is 6.85. The Morgan fingerprint density at radius 3 is 2.41 bits per heavy atom. The molecule has 2 aromatic rings. The van der Waals surface area contributed by atoms with Gasteiger partial charge >= 0.3 is 0 Å². The smallest absolute Gasteiger partial charge is 0.162 e. The number of hydrogen-bond acceptors (Lipinski definition) is 3. The number of hydrogen-bond donors (Lipinski definition) is 1. The molecule has 0 unspecified atom stereocenters. The Morgan fingerprint density at radius 1 is 1.04 bits per heavy atom. The summed E-state index contributed by atoms with van der Waals surface area (Å²) in [5.74, 6) is -0.598. The minimum atomic E-state index is -0.434. The van der Waals surface area contributed by atoms with E-state index in [1.807, 2.05) is 37.3 Å². The van der Waals surface area contributed by atoms with E-state index < -0.39 is 5.92 Å². The maximum Gasteiger partial charge on any atom is 0.162 e. The average molecular weight is 358 g/mol. The molecule has 0 spiro atoms. The zero-order valence-corrected chi connectivity index (χ0v) is 15.0. The predicted molar refractivity (Wildman–Crippen MR) is 101 cm³/mol. The number of dihydropyridines is 1. The first kappa shape index (κ1) is 17.2. The lowest BCUT2D eigenvalue weighted by Gasteiger charge is -2.35. The first-order valence-corrected chi connectivity index (χ1v) is 9.03. The van der Waals surface area contributed by atoms with Crippen LogP contribution in [0.4, 0.5) is 4.39 Å². The Hall–Kier alpha value is -3.19. The molecule has 2 atom stereocenters. The van der Waals surface area contributed by atoms with E-state index in [9.17, 15) is 14.4 Å². The molecule has 134 valence electrons. The van der Waals surface area contributed by atoms with Crippen LogP contribution in [0.1, 0.15) is 42.7 Å². The lowest BCUT2D eigenvalue weighted by Crippen LogP contribution is -2.33. The number of nitriles is 1. The van der Waals surface area contributed by atoms with Crippen LogP contribution in [-0.4, -0.2) is 5.78 Å². The summed E-state index contributed by atoms with van der Waals surface area (Å²) in [7, 11) is 0. The molecule has 3 nitrogen and oxygen atoms in total. The van der Waals surface area contributed by atoms with Crippen LogP contribution in [0.15, 0.2) is 77.1 Å². The molecule has 0 saturated carbocycles. The highest BCUT2D eigenvalue weighted by Gasteiger charge is 2.38. The lowest BCUT2D eigenvalue weighted by molar-refractivity contribution is -0.116. The van der Waals surface area contributed by atoms with Gasteiger partial charge in [-0.25, -0.2) is 4.39 Å². The van der Waals surface area contributed by atoms with Crippen molar-refractivity contribution in [2.75, 3.05) is 0 Å².